The van der Waals surface area contributed by atoms with Gasteiger partial charge in [0.25, 0.3) is 0 Å². The molecule has 0 radical (unpaired) electrons. The third-order valence-electron chi connectivity index (χ3n) is 3.83. The summed E-state index contributed by atoms with van der Waals surface area (Å²) in [6, 6.07) is 9.61. The minimum absolute atomic E-state index is 0.655. The number of hydrogen-bond donors (Lipinski definition) is 1. The molecule has 0 aliphatic rings. The summed E-state index contributed by atoms with van der Waals surface area (Å²) in [6.07, 6.45) is 9.05. The van der Waals surface area contributed by atoms with Crippen LogP contribution in [0.3, 0.4) is 0 Å². The van der Waals surface area contributed by atoms with Gasteiger partial charge in [-0.1, -0.05) is 29.8 Å². The van der Waals surface area contributed by atoms with E-state index in [9.17, 15) is 0 Å². The monoisotopic (exact) mass is 335 g/mol. The lowest BCUT2D eigenvalue weighted by Gasteiger charge is -2.04. The number of aromatic amines is 1. The lowest BCUT2D eigenvalue weighted by molar-refractivity contribution is 0.872. The van der Waals surface area contributed by atoms with Crippen molar-refractivity contribution in [2.75, 3.05) is 0 Å². The molecule has 1 N–H and O–H groups in total. The Morgan fingerprint density at radius 2 is 1.96 bits per heavy atom. The van der Waals surface area contributed by atoms with Gasteiger partial charge in [-0.05, 0) is 24.6 Å². The second kappa shape index (κ2) is 5.94. The number of aromatic nitrogens is 5. The van der Waals surface area contributed by atoms with Crippen molar-refractivity contribution in [3.05, 3.63) is 71.9 Å². The van der Waals surface area contributed by atoms with Gasteiger partial charge in [0.1, 0.15) is 11.5 Å². The van der Waals surface area contributed by atoms with E-state index in [1.54, 1.807) is 18.6 Å². The van der Waals surface area contributed by atoms with E-state index in [4.69, 9.17) is 16.7 Å². The van der Waals surface area contributed by atoms with Gasteiger partial charge in [0.15, 0.2) is 0 Å². The number of nitrogens with zero attached hydrogens (tertiary/aromatic N) is 4. The Hall–Kier alpha value is -2.92. The van der Waals surface area contributed by atoms with Crippen molar-refractivity contribution in [1.29, 1.82) is 0 Å². The normalized spacial score (nSPS) is 10.9. The van der Waals surface area contributed by atoms with Crippen molar-refractivity contribution >= 4 is 11.6 Å². The zero-order valence-corrected chi connectivity index (χ0v) is 13.7. The van der Waals surface area contributed by atoms with Crippen molar-refractivity contribution in [1.82, 2.24) is 24.7 Å². The molecule has 4 aromatic rings. The van der Waals surface area contributed by atoms with Crippen LogP contribution >= 0.6 is 11.6 Å². The SMILES string of the molecule is Cc1cnccc1-n1cc(-c2ncc[nH]2)c(-c2ccccc2Cl)n1. The first-order valence-electron chi connectivity index (χ1n) is 7.49. The van der Waals surface area contributed by atoms with E-state index in [-0.39, 0.29) is 0 Å². The molecule has 4 rings (SSSR count). The van der Waals surface area contributed by atoms with Gasteiger partial charge in [0.05, 0.1) is 16.3 Å². The highest BCUT2D eigenvalue weighted by Crippen LogP contribution is 2.34. The topological polar surface area (TPSA) is 59.4 Å². The van der Waals surface area contributed by atoms with Crippen LogP contribution in [-0.2, 0) is 0 Å². The number of aryl methyl sites for hydroxylation is 1. The molecule has 24 heavy (non-hydrogen) atoms. The summed E-state index contributed by atoms with van der Waals surface area (Å²) in [6.45, 7) is 2.01. The van der Waals surface area contributed by atoms with E-state index in [1.807, 2.05) is 54.3 Å². The van der Waals surface area contributed by atoms with E-state index in [0.717, 1.165) is 33.9 Å². The van der Waals surface area contributed by atoms with Gasteiger partial charge in [-0.3, -0.25) is 4.98 Å². The summed E-state index contributed by atoms with van der Waals surface area (Å²) < 4.78 is 1.84. The zero-order chi connectivity index (χ0) is 16.5. The highest BCUT2D eigenvalue weighted by Gasteiger charge is 2.18. The number of halogens is 1. The minimum Gasteiger partial charge on any atom is -0.345 e. The first-order valence-corrected chi connectivity index (χ1v) is 7.87. The van der Waals surface area contributed by atoms with Gasteiger partial charge in [0.2, 0.25) is 0 Å². The van der Waals surface area contributed by atoms with E-state index < -0.39 is 0 Å². The highest BCUT2D eigenvalue weighted by molar-refractivity contribution is 6.33. The predicted molar refractivity (Wildman–Crippen MR) is 94.1 cm³/mol. The fourth-order valence-electron chi connectivity index (χ4n) is 2.66. The maximum atomic E-state index is 6.39. The molecule has 0 amide bonds. The standard InChI is InChI=1S/C18H14ClN5/c1-12-10-20-7-6-16(12)24-11-14(18-21-8-9-22-18)17(23-24)13-4-2-3-5-15(13)19/h2-11H,1H3,(H,21,22). The van der Waals surface area contributed by atoms with Crippen LogP contribution in [0.2, 0.25) is 5.02 Å². The van der Waals surface area contributed by atoms with Crippen molar-refractivity contribution in [2.45, 2.75) is 6.92 Å². The molecule has 0 saturated carbocycles. The number of benzene rings is 1. The van der Waals surface area contributed by atoms with E-state index in [1.165, 1.54) is 0 Å². The van der Waals surface area contributed by atoms with Gasteiger partial charge < -0.3 is 4.98 Å². The van der Waals surface area contributed by atoms with Crippen LogP contribution in [0.1, 0.15) is 5.56 Å². The third-order valence-corrected chi connectivity index (χ3v) is 4.16. The Kier molecular flexibility index (Phi) is 3.63. The van der Waals surface area contributed by atoms with Gasteiger partial charge in [-0.25, -0.2) is 9.67 Å². The van der Waals surface area contributed by atoms with Gasteiger partial charge in [-0.2, -0.15) is 5.10 Å². The number of rotatable bonds is 3. The molecule has 0 aliphatic heterocycles. The van der Waals surface area contributed by atoms with Crippen LogP contribution in [0, 0.1) is 6.92 Å². The van der Waals surface area contributed by atoms with E-state index in [0.29, 0.717) is 5.02 Å². The number of pyridine rings is 1. The van der Waals surface area contributed by atoms with Crippen molar-refractivity contribution in [3.8, 4) is 28.3 Å². The molecular weight excluding hydrogens is 322 g/mol. The van der Waals surface area contributed by atoms with E-state index in [2.05, 4.69) is 15.0 Å². The van der Waals surface area contributed by atoms with Gasteiger partial charge in [-0.15, -0.1) is 0 Å². The number of H-pyrrole nitrogens is 1. The Morgan fingerprint density at radius 3 is 2.71 bits per heavy atom. The average molecular weight is 336 g/mol. The summed E-state index contributed by atoms with van der Waals surface area (Å²) in [5, 5.41) is 5.43. The molecule has 6 heteroatoms. The average Bonchev–Trinajstić information content (AvgIpc) is 3.25. The first-order chi connectivity index (χ1) is 11.7. The van der Waals surface area contributed by atoms with Crippen LogP contribution in [0.15, 0.2) is 61.3 Å². The molecular formula is C18H14ClN5. The number of hydrogen-bond acceptors (Lipinski definition) is 3. The molecule has 0 saturated heterocycles. The molecule has 0 aliphatic carbocycles. The quantitative estimate of drug-likeness (QED) is 0.607. The van der Waals surface area contributed by atoms with E-state index >= 15 is 0 Å². The fourth-order valence-corrected chi connectivity index (χ4v) is 2.88. The summed E-state index contributed by atoms with van der Waals surface area (Å²) in [5.74, 6) is 0.753. The highest BCUT2D eigenvalue weighted by atomic mass is 35.5. The molecule has 0 fully saturated rings. The maximum absolute atomic E-state index is 6.39. The first kappa shape index (κ1) is 14.7. The number of imidazole rings is 1. The Bertz CT molecular complexity index is 988. The molecule has 3 heterocycles. The van der Waals surface area contributed by atoms with Crippen LogP contribution in [-0.4, -0.2) is 24.7 Å². The summed E-state index contributed by atoms with van der Waals surface area (Å²) in [4.78, 5) is 11.7. The fraction of sp³-hybridized carbons (Fsp3) is 0.0556. The molecule has 0 atom stereocenters. The summed E-state index contributed by atoms with van der Waals surface area (Å²) in [5.41, 5.74) is 4.56. The lowest BCUT2D eigenvalue weighted by atomic mass is 10.1. The molecule has 3 aromatic heterocycles. The largest absolute Gasteiger partial charge is 0.345 e. The molecule has 118 valence electrons. The maximum Gasteiger partial charge on any atom is 0.141 e. The van der Waals surface area contributed by atoms with Crippen LogP contribution < -0.4 is 0 Å². The van der Waals surface area contributed by atoms with Gasteiger partial charge in [0, 0.05) is 36.5 Å². The van der Waals surface area contributed by atoms with Crippen LogP contribution in [0.5, 0.6) is 0 Å². The van der Waals surface area contributed by atoms with Crippen LogP contribution in [0.4, 0.5) is 0 Å². The van der Waals surface area contributed by atoms with Crippen molar-refractivity contribution in [3.63, 3.8) is 0 Å². The Balaban J connectivity index is 1.96. The second-order valence-corrected chi connectivity index (χ2v) is 5.82. The third kappa shape index (κ3) is 2.49. The predicted octanol–water partition coefficient (Wildman–Crippen LogP) is 4.29. The Labute approximate surface area is 144 Å². The zero-order valence-electron chi connectivity index (χ0n) is 12.9. The smallest absolute Gasteiger partial charge is 0.141 e. The Morgan fingerprint density at radius 1 is 1.08 bits per heavy atom. The molecule has 0 bridgehead atoms. The summed E-state index contributed by atoms with van der Waals surface area (Å²) in [7, 11) is 0. The van der Waals surface area contributed by atoms with Gasteiger partial charge >= 0.3 is 0 Å². The van der Waals surface area contributed by atoms with Crippen LogP contribution in [0.25, 0.3) is 28.3 Å². The molecule has 5 nitrogen and oxygen atoms in total. The summed E-state index contributed by atoms with van der Waals surface area (Å²) >= 11 is 6.39. The van der Waals surface area contributed by atoms with Crippen molar-refractivity contribution < 1.29 is 0 Å². The molecule has 0 spiro atoms. The second-order valence-electron chi connectivity index (χ2n) is 5.42. The number of nitrogens with one attached hydrogen (secondary N) is 1. The molecule has 1 aromatic carbocycles. The van der Waals surface area contributed by atoms with Crippen molar-refractivity contribution in [2.24, 2.45) is 0 Å². The molecule has 0 unspecified atom stereocenters. The minimum atomic E-state index is 0.655. The lowest BCUT2D eigenvalue weighted by Crippen LogP contribution is -1.98.